The topological polar surface area (TPSA) is 139 Å². The molecule has 1 fully saturated rings. The molecule has 208 valence electrons. The van der Waals surface area contributed by atoms with E-state index in [1.54, 1.807) is 28.9 Å². The Hall–Kier alpha value is -4.75. The first-order valence-corrected chi connectivity index (χ1v) is 12.2. The summed E-state index contributed by atoms with van der Waals surface area (Å²) in [7, 11) is 0. The van der Waals surface area contributed by atoms with Crippen LogP contribution in [0.15, 0.2) is 48.8 Å². The van der Waals surface area contributed by atoms with Crippen molar-refractivity contribution in [3.05, 3.63) is 71.3 Å². The second-order valence-corrected chi connectivity index (χ2v) is 9.34. The fraction of sp³-hybridized carbons (Fsp3) is 0.269. The van der Waals surface area contributed by atoms with Gasteiger partial charge in [-0.2, -0.15) is 18.3 Å². The number of nitrogens with two attached hydrogens (primary N) is 1. The van der Waals surface area contributed by atoms with Gasteiger partial charge in [0.1, 0.15) is 23.7 Å². The average Bonchev–Trinajstić information content (AvgIpc) is 3.32. The second-order valence-electron chi connectivity index (χ2n) is 9.34. The lowest BCUT2D eigenvalue weighted by molar-refractivity contribution is -0.138. The third-order valence-corrected chi connectivity index (χ3v) is 6.74. The van der Waals surface area contributed by atoms with Gasteiger partial charge in [0.15, 0.2) is 5.65 Å². The number of hydrogen-bond acceptors (Lipinski definition) is 6. The molecule has 5 rings (SSSR count). The van der Waals surface area contributed by atoms with Crippen LogP contribution in [0.3, 0.4) is 0 Å². The smallest absolute Gasteiger partial charge is 0.417 e. The van der Waals surface area contributed by atoms with Crippen LogP contribution in [0.1, 0.15) is 40.4 Å². The van der Waals surface area contributed by atoms with Crippen LogP contribution in [-0.2, 0) is 12.7 Å². The number of carboxylic acid groups (broad SMARTS) is 1. The predicted molar refractivity (Wildman–Crippen MR) is 136 cm³/mol. The number of benzene rings is 2. The Bertz CT molecular complexity index is 1590. The number of rotatable bonds is 5. The largest absolute Gasteiger partial charge is 0.465 e. The number of amides is 2. The number of piperidine rings is 1. The van der Waals surface area contributed by atoms with E-state index in [9.17, 15) is 32.3 Å². The van der Waals surface area contributed by atoms with Gasteiger partial charge in [-0.15, -0.1) is 0 Å². The van der Waals surface area contributed by atoms with Crippen molar-refractivity contribution in [2.75, 3.05) is 18.8 Å². The van der Waals surface area contributed by atoms with Gasteiger partial charge < -0.3 is 21.1 Å². The standard InChI is InChI=1S/C26H23F4N7O3/c27-16-7-8-18(19(10-16)26(28,29)30)24(38)32-11-14-3-5-15(6-4-14)21-20-22(31)33-13-34-23(20)37(35-21)17-2-1-9-36(12-17)25(39)40/h3-8,10,13,17H,1-2,9,11-12H2,(H,32,38)(H,39,40)(H2,31,33,34)/t17-/m1/s1. The molecule has 2 aromatic heterocycles. The molecule has 40 heavy (non-hydrogen) atoms. The number of carbonyl (C=O) groups is 2. The lowest BCUT2D eigenvalue weighted by Crippen LogP contribution is -2.40. The van der Waals surface area contributed by atoms with Crippen molar-refractivity contribution in [1.82, 2.24) is 30.0 Å². The summed E-state index contributed by atoms with van der Waals surface area (Å²) in [6, 6.07) is 8.39. The number of nitrogens with one attached hydrogen (secondary N) is 1. The molecule has 1 aliphatic rings. The Morgan fingerprint density at radius 1 is 1.12 bits per heavy atom. The van der Waals surface area contributed by atoms with Crippen molar-refractivity contribution in [3.8, 4) is 11.3 Å². The monoisotopic (exact) mass is 557 g/mol. The minimum Gasteiger partial charge on any atom is -0.465 e. The number of hydrogen-bond donors (Lipinski definition) is 3. The lowest BCUT2D eigenvalue weighted by Gasteiger charge is -2.30. The number of carbonyl (C=O) groups excluding carboxylic acids is 1. The zero-order valence-corrected chi connectivity index (χ0v) is 20.8. The molecule has 0 unspecified atom stereocenters. The Labute approximate surface area is 224 Å². The van der Waals surface area contributed by atoms with Gasteiger partial charge in [-0.1, -0.05) is 24.3 Å². The molecule has 14 heteroatoms. The van der Waals surface area contributed by atoms with Crippen molar-refractivity contribution >= 4 is 28.9 Å². The molecule has 1 saturated heterocycles. The van der Waals surface area contributed by atoms with Gasteiger partial charge in [-0.05, 0) is 36.6 Å². The van der Waals surface area contributed by atoms with Gasteiger partial charge in [0.25, 0.3) is 5.91 Å². The molecule has 0 radical (unpaired) electrons. The van der Waals surface area contributed by atoms with Crippen LogP contribution in [0.25, 0.3) is 22.3 Å². The summed E-state index contributed by atoms with van der Waals surface area (Å²) < 4.78 is 54.9. The molecule has 3 heterocycles. The average molecular weight is 558 g/mol. The minimum absolute atomic E-state index is 0.0820. The van der Waals surface area contributed by atoms with Crippen molar-refractivity contribution in [3.63, 3.8) is 0 Å². The fourth-order valence-corrected chi connectivity index (χ4v) is 4.79. The molecule has 4 N–H and O–H groups in total. The van der Waals surface area contributed by atoms with Crippen LogP contribution in [-0.4, -0.2) is 54.8 Å². The zero-order valence-electron chi connectivity index (χ0n) is 20.8. The number of likely N-dealkylation sites (tertiary alicyclic amines) is 1. The van der Waals surface area contributed by atoms with Crippen molar-refractivity contribution in [2.24, 2.45) is 0 Å². The first-order valence-electron chi connectivity index (χ1n) is 12.2. The minimum atomic E-state index is -4.89. The van der Waals surface area contributed by atoms with Crippen molar-refractivity contribution < 1.29 is 32.3 Å². The van der Waals surface area contributed by atoms with E-state index in [1.807, 2.05) is 0 Å². The summed E-state index contributed by atoms with van der Waals surface area (Å²) in [6.07, 6.45) is -3.22. The molecule has 1 aliphatic heterocycles. The third kappa shape index (κ3) is 5.24. The van der Waals surface area contributed by atoms with Gasteiger partial charge in [0.2, 0.25) is 0 Å². The van der Waals surface area contributed by atoms with Gasteiger partial charge >= 0.3 is 12.3 Å². The molecular weight excluding hydrogens is 534 g/mol. The first kappa shape index (κ1) is 26.8. The van der Waals surface area contributed by atoms with Gasteiger partial charge in [-0.3, -0.25) is 4.79 Å². The molecule has 2 aromatic carbocycles. The van der Waals surface area contributed by atoms with Crippen LogP contribution in [0, 0.1) is 5.82 Å². The molecule has 1 atom stereocenters. The fourth-order valence-electron chi connectivity index (χ4n) is 4.79. The number of alkyl halides is 3. The number of halogens is 4. The van der Waals surface area contributed by atoms with E-state index >= 15 is 0 Å². The molecule has 10 nitrogen and oxygen atoms in total. The normalized spacial score (nSPS) is 15.8. The number of nitrogen functional groups attached to an aromatic ring is 1. The van der Waals surface area contributed by atoms with E-state index < -0.39 is 35.1 Å². The Morgan fingerprint density at radius 2 is 1.88 bits per heavy atom. The quantitative estimate of drug-likeness (QED) is 0.308. The van der Waals surface area contributed by atoms with E-state index in [2.05, 4.69) is 15.3 Å². The maximum atomic E-state index is 13.4. The maximum absolute atomic E-state index is 13.4. The van der Waals surface area contributed by atoms with Gasteiger partial charge in [-0.25, -0.2) is 23.8 Å². The number of nitrogens with zero attached hydrogens (tertiary/aromatic N) is 5. The van der Waals surface area contributed by atoms with Crippen LogP contribution < -0.4 is 11.1 Å². The molecular formula is C26H23F4N7O3. The summed E-state index contributed by atoms with van der Waals surface area (Å²) >= 11 is 0. The summed E-state index contributed by atoms with van der Waals surface area (Å²) in [5.41, 5.74) is 6.32. The highest BCUT2D eigenvalue weighted by molar-refractivity contribution is 5.98. The maximum Gasteiger partial charge on any atom is 0.417 e. The highest BCUT2D eigenvalue weighted by atomic mass is 19.4. The van der Waals surface area contributed by atoms with E-state index in [4.69, 9.17) is 10.8 Å². The van der Waals surface area contributed by atoms with Crippen LogP contribution >= 0.6 is 0 Å². The highest BCUT2D eigenvalue weighted by Gasteiger charge is 2.35. The van der Waals surface area contributed by atoms with Crippen molar-refractivity contribution in [2.45, 2.75) is 31.6 Å². The van der Waals surface area contributed by atoms with Gasteiger partial charge in [0, 0.05) is 25.2 Å². The zero-order chi connectivity index (χ0) is 28.6. The number of anilines is 1. The lowest BCUT2D eigenvalue weighted by atomic mass is 10.1. The van der Waals surface area contributed by atoms with Crippen LogP contribution in [0.2, 0.25) is 0 Å². The summed E-state index contributed by atoms with van der Waals surface area (Å²) in [5.74, 6) is -1.88. The summed E-state index contributed by atoms with van der Waals surface area (Å²) in [4.78, 5) is 33.8. The van der Waals surface area contributed by atoms with Crippen LogP contribution in [0.5, 0.6) is 0 Å². The van der Waals surface area contributed by atoms with Crippen molar-refractivity contribution in [1.29, 1.82) is 0 Å². The van der Waals surface area contributed by atoms with E-state index in [1.165, 1.54) is 11.2 Å². The second kappa shape index (κ2) is 10.4. The van der Waals surface area contributed by atoms with E-state index in [0.29, 0.717) is 47.2 Å². The summed E-state index contributed by atoms with van der Waals surface area (Å²) in [6.45, 7) is 0.602. The Kier molecular flexibility index (Phi) is 7.00. The Balaban J connectivity index is 1.38. The third-order valence-electron chi connectivity index (χ3n) is 6.74. The molecule has 0 aliphatic carbocycles. The number of aromatic nitrogens is 4. The molecule has 2 amide bonds. The molecule has 0 spiro atoms. The number of fused-ring (bicyclic) bond motifs is 1. The SMILES string of the molecule is Nc1ncnc2c1c(-c1ccc(CNC(=O)c3ccc(F)cc3C(F)(F)F)cc1)nn2[C@@H]1CCCN(C(=O)O)C1. The predicted octanol–water partition coefficient (Wildman–Crippen LogP) is 4.48. The first-order chi connectivity index (χ1) is 19.0. The van der Waals surface area contributed by atoms with E-state index in [-0.39, 0.29) is 31.0 Å². The summed E-state index contributed by atoms with van der Waals surface area (Å²) in [5, 5.41) is 17.1. The molecule has 0 saturated carbocycles. The highest BCUT2D eigenvalue weighted by Crippen LogP contribution is 2.34. The van der Waals surface area contributed by atoms with Crippen LogP contribution in [0.4, 0.5) is 28.2 Å². The molecule has 0 bridgehead atoms. The van der Waals surface area contributed by atoms with Gasteiger partial charge in [0.05, 0.1) is 22.6 Å². The van der Waals surface area contributed by atoms with E-state index in [0.717, 1.165) is 12.1 Å². The molecule has 4 aromatic rings. The Morgan fingerprint density at radius 3 is 2.58 bits per heavy atom.